The number of hydrogen-bond donors (Lipinski definition) is 0. The molecular formula is C20H18N2O. The van der Waals surface area contributed by atoms with Crippen molar-refractivity contribution in [3.8, 4) is 5.75 Å². The minimum atomic E-state index is 0.803. The molecule has 3 aromatic carbocycles. The van der Waals surface area contributed by atoms with E-state index in [0.29, 0.717) is 0 Å². The van der Waals surface area contributed by atoms with Gasteiger partial charge in [0.25, 0.3) is 0 Å². The Bertz CT molecular complexity index is 730. The molecule has 0 bridgehead atoms. The molecule has 0 aliphatic rings. The largest absolute Gasteiger partial charge is 0.496 e. The Morgan fingerprint density at radius 1 is 0.739 bits per heavy atom. The standard InChI is InChI=1S/C20H18N2O/c1-23-20-15-9-8-10-17(20)16-21-22(18-11-4-2-5-12-18)19-13-6-3-7-14-19/h2-16H,1H3/b21-16-. The molecule has 114 valence electrons. The van der Waals surface area contributed by atoms with Gasteiger partial charge in [-0.1, -0.05) is 48.5 Å². The third-order valence-corrected chi connectivity index (χ3v) is 3.45. The first-order chi connectivity index (χ1) is 11.4. The Morgan fingerprint density at radius 3 is 1.83 bits per heavy atom. The van der Waals surface area contributed by atoms with Crippen LogP contribution in [0.3, 0.4) is 0 Å². The van der Waals surface area contributed by atoms with Gasteiger partial charge in [0.2, 0.25) is 0 Å². The number of ether oxygens (including phenoxy) is 1. The van der Waals surface area contributed by atoms with E-state index in [1.807, 2.05) is 96.2 Å². The van der Waals surface area contributed by atoms with Crippen LogP contribution in [0.15, 0.2) is 90.0 Å². The van der Waals surface area contributed by atoms with Gasteiger partial charge in [0.1, 0.15) is 5.75 Å². The Labute approximate surface area is 136 Å². The third-order valence-electron chi connectivity index (χ3n) is 3.45. The van der Waals surface area contributed by atoms with E-state index in [0.717, 1.165) is 22.7 Å². The van der Waals surface area contributed by atoms with E-state index in [1.54, 1.807) is 7.11 Å². The highest BCUT2D eigenvalue weighted by molar-refractivity contribution is 5.85. The maximum atomic E-state index is 5.38. The van der Waals surface area contributed by atoms with Gasteiger partial charge >= 0.3 is 0 Å². The van der Waals surface area contributed by atoms with E-state index >= 15 is 0 Å². The summed E-state index contributed by atoms with van der Waals surface area (Å²) in [6, 6.07) is 28.0. The highest BCUT2D eigenvalue weighted by atomic mass is 16.5. The third kappa shape index (κ3) is 3.58. The topological polar surface area (TPSA) is 24.8 Å². The summed E-state index contributed by atoms with van der Waals surface area (Å²) in [6.45, 7) is 0. The van der Waals surface area contributed by atoms with Crippen molar-refractivity contribution in [1.29, 1.82) is 0 Å². The van der Waals surface area contributed by atoms with Crippen molar-refractivity contribution in [1.82, 2.24) is 0 Å². The lowest BCUT2D eigenvalue weighted by molar-refractivity contribution is 0.414. The highest BCUT2D eigenvalue weighted by Crippen LogP contribution is 2.25. The second-order valence-corrected chi connectivity index (χ2v) is 4.97. The summed E-state index contributed by atoms with van der Waals surface area (Å²) in [5.74, 6) is 0.803. The van der Waals surface area contributed by atoms with Gasteiger partial charge in [-0.05, 0) is 36.4 Å². The number of methoxy groups -OCH3 is 1. The first-order valence-corrected chi connectivity index (χ1v) is 7.46. The van der Waals surface area contributed by atoms with Gasteiger partial charge in [-0.25, -0.2) is 5.01 Å². The van der Waals surface area contributed by atoms with Crippen molar-refractivity contribution < 1.29 is 4.74 Å². The summed E-state index contributed by atoms with van der Waals surface area (Å²) in [5, 5.41) is 6.58. The number of rotatable bonds is 5. The first kappa shape index (κ1) is 14.9. The number of benzene rings is 3. The summed E-state index contributed by atoms with van der Waals surface area (Å²) in [7, 11) is 1.67. The van der Waals surface area contributed by atoms with Crippen LogP contribution in [-0.2, 0) is 0 Å². The van der Waals surface area contributed by atoms with Gasteiger partial charge in [-0.2, -0.15) is 5.10 Å². The second-order valence-electron chi connectivity index (χ2n) is 4.97. The molecule has 3 heteroatoms. The van der Waals surface area contributed by atoms with Crippen molar-refractivity contribution in [2.24, 2.45) is 5.10 Å². The van der Waals surface area contributed by atoms with Crippen LogP contribution in [0.2, 0.25) is 0 Å². The predicted molar refractivity (Wildman–Crippen MR) is 95.6 cm³/mol. The molecule has 0 N–H and O–H groups in total. The molecule has 3 rings (SSSR count). The predicted octanol–water partition coefficient (Wildman–Crippen LogP) is 4.87. The SMILES string of the molecule is COc1ccccc1/C=N\N(c1ccccc1)c1ccccc1. The van der Waals surface area contributed by atoms with Crippen molar-refractivity contribution in [2.45, 2.75) is 0 Å². The normalized spacial score (nSPS) is 10.7. The molecule has 0 aromatic heterocycles. The van der Waals surface area contributed by atoms with E-state index in [1.165, 1.54) is 0 Å². The van der Waals surface area contributed by atoms with Crippen molar-refractivity contribution in [3.05, 3.63) is 90.5 Å². The van der Waals surface area contributed by atoms with Gasteiger partial charge in [-0.3, -0.25) is 0 Å². The fraction of sp³-hybridized carbons (Fsp3) is 0.0500. The van der Waals surface area contributed by atoms with E-state index in [4.69, 9.17) is 4.74 Å². The number of hydrazone groups is 1. The van der Waals surface area contributed by atoms with Gasteiger partial charge in [0.05, 0.1) is 24.7 Å². The molecule has 0 unspecified atom stereocenters. The zero-order valence-electron chi connectivity index (χ0n) is 13.0. The molecule has 3 nitrogen and oxygen atoms in total. The molecular weight excluding hydrogens is 284 g/mol. The zero-order chi connectivity index (χ0) is 15.9. The fourth-order valence-electron chi connectivity index (χ4n) is 2.31. The molecule has 3 aromatic rings. The number of para-hydroxylation sites is 3. The number of nitrogens with zero attached hydrogens (tertiary/aromatic N) is 2. The van der Waals surface area contributed by atoms with Crippen molar-refractivity contribution in [3.63, 3.8) is 0 Å². The van der Waals surface area contributed by atoms with Gasteiger partial charge in [0.15, 0.2) is 0 Å². The van der Waals surface area contributed by atoms with E-state index in [2.05, 4.69) is 5.10 Å². The summed E-state index contributed by atoms with van der Waals surface area (Å²) in [5.41, 5.74) is 2.95. The van der Waals surface area contributed by atoms with E-state index in [-0.39, 0.29) is 0 Å². The Morgan fingerprint density at radius 2 is 1.26 bits per heavy atom. The fourth-order valence-corrected chi connectivity index (χ4v) is 2.31. The van der Waals surface area contributed by atoms with Crippen LogP contribution in [0.1, 0.15) is 5.56 Å². The Kier molecular flexibility index (Phi) is 4.69. The van der Waals surface area contributed by atoms with Gasteiger partial charge in [-0.15, -0.1) is 0 Å². The molecule has 0 aliphatic heterocycles. The number of anilines is 2. The van der Waals surface area contributed by atoms with Gasteiger partial charge in [0, 0.05) is 5.56 Å². The average Bonchev–Trinajstić information content (AvgIpc) is 2.64. The molecule has 0 saturated carbocycles. The summed E-state index contributed by atoms with van der Waals surface area (Å²) >= 11 is 0. The molecule has 0 fully saturated rings. The van der Waals surface area contributed by atoms with Crippen LogP contribution in [0, 0.1) is 0 Å². The Hall–Kier alpha value is -3.07. The minimum Gasteiger partial charge on any atom is -0.496 e. The van der Waals surface area contributed by atoms with Crippen LogP contribution < -0.4 is 9.75 Å². The molecule has 23 heavy (non-hydrogen) atoms. The van der Waals surface area contributed by atoms with E-state index in [9.17, 15) is 0 Å². The van der Waals surface area contributed by atoms with Crippen LogP contribution in [0.5, 0.6) is 5.75 Å². The highest BCUT2D eigenvalue weighted by Gasteiger charge is 2.07. The second kappa shape index (κ2) is 7.27. The minimum absolute atomic E-state index is 0.803. The van der Waals surface area contributed by atoms with Crippen molar-refractivity contribution >= 4 is 17.6 Å². The molecule has 0 saturated heterocycles. The quantitative estimate of drug-likeness (QED) is 0.496. The molecule has 0 radical (unpaired) electrons. The lowest BCUT2D eigenvalue weighted by Crippen LogP contribution is -2.09. The maximum Gasteiger partial charge on any atom is 0.127 e. The smallest absolute Gasteiger partial charge is 0.127 e. The molecule has 0 atom stereocenters. The van der Waals surface area contributed by atoms with Crippen LogP contribution in [0.4, 0.5) is 11.4 Å². The van der Waals surface area contributed by atoms with Crippen molar-refractivity contribution in [2.75, 3.05) is 12.1 Å². The molecule has 0 aliphatic carbocycles. The number of hydrogen-bond acceptors (Lipinski definition) is 3. The average molecular weight is 302 g/mol. The lowest BCUT2D eigenvalue weighted by atomic mass is 10.2. The van der Waals surface area contributed by atoms with Crippen LogP contribution in [-0.4, -0.2) is 13.3 Å². The summed E-state index contributed by atoms with van der Waals surface area (Å²) < 4.78 is 5.38. The zero-order valence-corrected chi connectivity index (χ0v) is 13.0. The summed E-state index contributed by atoms with van der Waals surface area (Å²) in [6.07, 6.45) is 1.82. The molecule has 0 amide bonds. The summed E-state index contributed by atoms with van der Waals surface area (Å²) in [4.78, 5) is 0. The van der Waals surface area contributed by atoms with Gasteiger partial charge < -0.3 is 4.74 Å². The van der Waals surface area contributed by atoms with E-state index < -0.39 is 0 Å². The molecule has 0 spiro atoms. The van der Waals surface area contributed by atoms with Crippen LogP contribution >= 0.6 is 0 Å². The Balaban J connectivity index is 1.98. The van der Waals surface area contributed by atoms with Crippen LogP contribution in [0.25, 0.3) is 0 Å². The lowest BCUT2D eigenvalue weighted by Gasteiger charge is -2.19. The first-order valence-electron chi connectivity index (χ1n) is 7.46. The molecule has 0 heterocycles. The monoisotopic (exact) mass is 302 g/mol. The maximum absolute atomic E-state index is 5.38.